The van der Waals surface area contributed by atoms with Crippen molar-refractivity contribution in [1.29, 1.82) is 0 Å². The summed E-state index contributed by atoms with van der Waals surface area (Å²) in [6.07, 6.45) is 0. The third-order valence-corrected chi connectivity index (χ3v) is 2.98. The topological polar surface area (TPSA) is 56.7 Å². The van der Waals surface area contributed by atoms with Gasteiger partial charge in [0.25, 0.3) is 0 Å². The van der Waals surface area contributed by atoms with E-state index in [4.69, 9.17) is 5.11 Å². The van der Waals surface area contributed by atoms with Crippen molar-refractivity contribution in [1.82, 2.24) is 5.32 Å². The highest BCUT2D eigenvalue weighted by atomic mass is 16.3. The molecule has 2 aromatic rings. The number of hydrogen-bond donors (Lipinski definition) is 3. The van der Waals surface area contributed by atoms with E-state index >= 15 is 0 Å². The highest BCUT2D eigenvalue weighted by Gasteiger charge is 1.99. The largest absolute Gasteiger partial charge is 0.395 e. The average Bonchev–Trinajstić information content (AvgIpc) is 2.52. The normalized spacial score (nSPS) is 11.2. The quantitative estimate of drug-likeness (QED) is 0.584. The molecule has 4 nitrogen and oxygen atoms in total. The molecule has 0 aliphatic rings. The monoisotopic (exact) mass is 283 g/mol. The fourth-order valence-corrected chi connectivity index (χ4v) is 1.84. The Kier molecular flexibility index (Phi) is 5.79. The maximum absolute atomic E-state index is 8.95. The summed E-state index contributed by atoms with van der Waals surface area (Å²) >= 11 is 0. The van der Waals surface area contributed by atoms with Gasteiger partial charge in [0.15, 0.2) is 5.96 Å². The molecule has 0 aliphatic carbocycles. The van der Waals surface area contributed by atoms with Crippen molar-refractivity contribution in [2.75, 3.05) is 18.5 Å². The first kappa shape index (κ1) is 15.1. The molecule has 0 aromatic heterocycles. The smallest absolute Gasteiger partial charge is 0.196 e. The molecular formula is C17H21N3O. The molecule has 3 N–H and O–H groups in total. The number of aliphatic hydroxyl groups is 1. The van der Waals surface area contributed by atoms with Crippen LogP contribution in [-0.4, -0.2) is 24.2 Å². The van der Waals surface area contributed by atoms with E-state index in [-0.39, 0.29) is 6.61 Å². The predicted octanol–water partition coefficient (Wildman–Crippen LogP) is 2.55. The summed E-state index contributed by atoms with van der Waals surface area (Å²) in [5, 5.41) is 15.3. The lowest BCUT2D eigenvalue weighted by atomic mass is 10.1. The van der Waals surface area contributed by atoms with Crippen LogP contribution in [0.4, 0.5) is 5.69 Å². The second kappa shape index (κ2) is 8.07. The highest BCUT2D eigenvalue weighted by molar-refractivity contribution is 5.93. The van der Waals surface area contributed by atoms with Crippen LogP contribution in [0.2, 0.25) is 0 Å². The number of aliphatic imine (C=N–C) groups is 1. The van der Waals surface area contributed by atoms with E-state index in [0.717, 1.165) is 11.3 Å². The van der Waals surface area contributed by atoms with Crippen molar-refractivity contribution in [3.63, 3.8) is 0 Å². The lowest BCUT2D eigenvalue weighted by Crippen LogP contribution is -2.33. The van der Waals surface area contributed by atoms with Crippen LogP contribution in [0.5, 0.6) is 0 Å². The molecule has 2 rings (SSSR count). The first-order chi connectivity index (χ1) is 10.3. The molecule has 0 fully saturated rings. The lowest BCUT2D eigenvalue weighted by molar-refractivity contribution is 0.300. The van der Waals surface area contributed by atoms with Crippen LogP contribution in [0, 0.1) is 6.92 Å². The third kappa shape index (κ3) is 5.28. The molecule has 0 amide bonds. The Balaban J connectivity index is 2.03. The Bertz CT molecular complexity index is 564. The molecule has 0 spiro atoms. The summed E-state index contributed by atoms with van der Waals surface area (Å²) in [5.41, 5.74) is 3.35. The van der Waals surface area contributed by atoms with Crippen molar-refractivity contribution < 1.29 is 5.11 Å². The van der Waals surface area contributed by atoms with Crippen molar-refractivity contribution in [3.8, 4) is 0 Å². The second-order valence-electron chi connectivity index (χ2n) is 4.79. The van der Waals surface area contributed by atoms with Crippen LogP contribution in [0.1, 0.15) is 11.1 Å². The SMILES string of the molecule is Cc1ccc(CN=C(NCCO)Nc2ccccc2)cc1. The molecule has 0 saturated heterocycles. The highest BCUT2D eigenvalue weighted by Crippen LogP contribution is 2.07. The Morgan fingerprint density at radius 3 is 2.43 bits per heavy atom. The number of aliphatic hydroxyl groups excluding tert-OH is 1. The summed E-state index contributed by atoms with van der Waals surface area (Å²) in [4.78, 5) is 4.54. The molecule has 0 aliphatic heterocycles. The van der Waals surface area contributed by atoms with Crippen LogP contribution < -0.4 is 10.6 Å². The van der Waals surface area contributed by atoms with Crippen LogP contribution >= 0.6 is 0 Å². The zero-order valence-electron chi connectivity index (χ0n) is 12.2. The Hall–Kier alpha value is -2.33. The minimum absolute atomic E-state index is 0.0695. The minimum atomic E-state index is 0.0695. The maximum atomic E-state index is 8.95. The fraction of sp³-hybridized carbons (Fsp3) is 0.235. The summed E-state index contributed by atoms with van der Waals surface area (Å²) in [6.45, 7) is 3.19. The molecule has 4 heteroatoms. The molecule has 2 aromatic carbocycles. The van der Waals surface area contributed by atoms with Crippen molar-refractivity contribution in [3.05, 3.63) is 65.7 Å². The van der Waals surface area contributed by atoms with Gasteiger partial charge in [-0.25, -0.2) is 4.99 Å². The summed E-state index contributed by atoms with van der Waals surface area (Å²) in [7, 11) is 0. The minimum Gasteiger partial charge on any atom is -0.395 e. The van der Waals surface area contributed by atoms with Crippen LogP contribution in [0.15, 0.2) is 59.6 Å². The number of anilines is 1. The van der Waals surface area contributed by atoms with Crippen LogP contribution in [0.25, 0.3) is 0 Å². The summed E-state index contributed by atoms with van der Waals surface area (Å²) in [5.74, 6) is 0.663. The molecule has 0 saturated carbocycles. The standard InChI is InChI=1S/C17H21N3O/c1-14-7-9-15(10-8-14)13-19-17(18-11-12-21)20-16-5-3-2-4-6-16/h2-10,21H,11-13H2,1H3,(H2,18,19,20). The molecular weight excluding hydrogens is 262 g/mol. The van der Waals surface area contributed by atoms with Gasteiger partial charge in [0, 0.05) is 12.2 Å². The average molecular weight is 283 g/mol. The molecule has 0 atom stereocenters. The molecule has 110 valence electrons. The number of rotatable bonds is 5. The van der Waals surface area contributed by atoms with E-state index in [2.05, 4.69) is 46.8 Å². The van der Waals surface area contributed by atoms with Gasteiger partial charge in [0.1, 0.15) is 0 Å². The van der Waals surface area contributed by atoms with Gasteiger partial charge in [-0.05, 0) is 24.6 Å². The second-order valence-corrected chi connectivity index (χ2v) is 4.79. The molecule has 0 heterocycles. The van der Waals surface area contributed by atoms with E-state index in [9.17, 15) is 0 Å². The number of nitrogens with one attached hydrogen (secondary N) is 2. The molecule has 0 bridgehead atoms. The molecule has 0 unspecified atom stereocenters. The Morgan fingerprint density at radius 1 is 1.05 bits per heavy atom. The van der Waals surface area contributed by atoms with Crippen molar-refractivity contribution in [2.24, 2.45) is 4.99 Å². The summed E-state index contributed by atoms with van der Waals surface area (Å²) < 4.78 is 0. The number of hydrogen-bond acceptors (Lipinski definition) is 2. The van der Waals surface area contributed by atoms with Crippen LogP contribution in [0.3, 0.4) is 0 Å². The first-order valence-electron chi connectivity index (χ1n) is 7.05. The Labute approximate surface area is 125 Å². The number of guanidine groups is 1. The third-order valence-electron chi connectivity index (χ3n) is 2.98. The lowest BCUT2D eigenvalue weighted by Gasteiger charge is -2.11. The van der Waals surface area contributed by atoms with Gasteiger partial charge < -0.3 is 15.7 Å². The van der Waals surface area contributed by atoms with Gasteiger partial charge in [-0.2, -0.15) is 0 Å². The van der Waals surface area contributed by atoms with Gasteiger partial charge >= 0.3 is 0 Å². The zero-order chi connectivity index (χ0) is 14.9. The van der Waals surface area contributed by atoms with Gasteiger partial charge in [-0.3, -0.25) is 0 Å². The molecule has 0 radical (unpaired) electrons. The van der Waals surface area contributed by atoms with Gasteiger partial charge in [-0.15, -0.1) is 0 Å². The van der Waals surface area contributed by atoms with E-state index in [1.54, 1.807) is 0 Å². The number of benzene rings is 2. The first-order valence-corrected chi connectivity index (χ1v) is 7.05. The summed E-state index contributed by atoms with van der Waals surface area (Å²) in [6, 6.07) is 18.2. The Morgan fingerprint density at radius 2 is 1.76 bits per heavy atom. The van der Waals surface area contributed by atoms with E-state index in [1.165, 1.54) is 5.56 Å². The van der Waals surface area contributed by atoms with Gasteiger partial charge in [-0.1, -0.05) is 48.0 Å². The zero-order valence-corrected chi connectivity index (χ0v) is 12.2. The maximum Gasteiger partial charge on any atom is 0.196 e. The number of para-hydroxylation sites is 1. The fourth-order valence-electron chi connectivity index (χ4n) is 1.84. The number of nitrogens with zero attached hydrogens (tertiary/aromatic N) is 1. The van der Waals surface area contributed by atoms with E-state index in [0.29, 0.717) is 19.0 Å². The van der Waals surface area contributed by atoms with Gasteiger partial charge in [0.2, 0.25) is 0 Å². The number of aryl methyl sites for hydroxylation is 1. The van der Waals surface area contributed by atoms with E-state index < -0.39 is 0 Å². The predicted molar refractivity (Wildman–Crippen MR) is 87.5 cm³/mol. The molecule has 21 heavy (non-hydrogen) atoms. The van der Waals surface area contributed by atoms with Crippen molar-refractivity contribution in [2.45, 2.75) is 13.5 Å². The van der Waals surface area contributed by atoms with Crippen LogP contribution in [-0.2, 0) is 6.54 Å². The van der Waals surface area contributed by atoms with Gasteiger partial charge in [0.05, 0.1) is 13.2 Å². The van der Waals surface area contributed by atoms with E-state index in [1.807, 2.05) is 30.3 Å². The van der Waals surface area contributed by atoms with Crippen molar-refractivity contribution >= 4 is 11.6 Å².